The average molecular weight is 673 g/mol. The summed E-state index contributed by atoms with van der Waals surface area (Å²) in [5.41, 5.74) is 6.56. The molecule has 0 aliphatic rings. The normalized spacial score (nSPS) is 12.6. The van der Waals surface area contributed by atoms with Crippen LogP contribution < -0.4 is 26.0 Å². The third-order valence-corrected chi connectivity index (χ3v) is 14.7. The molecule has 0 bridgehead atoms. The summed E-state index contributed by atoms with van der Waals surface area (Å²) in [6.45, 7) is 21.7. The van der Waals surface area contributed by atoms with E-state index in [2.05, 4.69) is 184 Å². The first-order valence-electron chi connectivity index (χ1n) is 17.5. The second-order valence-electron chi connectivity index (χ2n) is 15.1. The largest absolute Gasteiger partial charge is 0.488 e. The zero-order chi connectivity index (χ0) is 34.5. The summed E-state index contributed by atoms with van der Waals surface area (Å²) >= 11 is 0. The summed E-state index contributed by atoms with van der Waals surface area (Å²) in [6, 6.07) is 44.9. The van der Waals surface area contributed by atoms with Crippen LogP contribution in [-0.4, -0.2) is 0 Å². The quantitative estimate of drug-likeness (QED) is 0.127. The third kappa shape index (κ3) is 7.96. The van der Waals surface area contributed by atoms with Gasteiger partial charge in [-0.3, -0.25) is 0 Å². The summed E-state index contributed by atoms with van der Waals surface area (Å²) in [7, 11) is -0.147. The van der Waals surface area contributed by atoms with Crippen molar-refractivity contribution >= 4 is 37.7 Å². The van der Waals surface area contributed by atoms with Crippen LogP contribution in [0.5, 0.6) is 5.75 Å². The minimum Gasteiger partial charge on any atom is -0.488 e. The smallest absolute Gasteiger partial charge is 0.127 e. The molecule has 0 heterocycles. The minimum atomic E-state index is -0.733. The molecular formula is C45H54OP2. The Morgan fingerprint density at radius 1 is 0.604 bits per heavy atom. The average Bonchev–Trinajstić information content (AvgIpc) is 3.08. The molecule has 5 aromatic rings. The number of hydrogen-bond donors (Lipinski definition) is 0. The minimum absolute atomic E-state index is 0.00576. The van der Waals surface area contributed by atoms with Gasteiger partial charge in [-0.05, 0) is 76.4 Å². The Bertz CT molecular complexity index is 1740. The van der Waals surface area contributed by atoms with Crippen LogP contribution in [0.1, 0.15) is 96.0 Å². The molecule has 0 aliphatic carbocycles. The molecule has 48 heavy (non-hydrogen) atoms. The maximum absolute atomic E-state index is 7.05. The fourth-order valence-electron chi connectivity index (χ4n) is 6.56. The van der Waals surface area contributed by atoms with E-state index in [1.165, 1.54) is 49.0 Å². The molecule has 1 atom stereocenters. The lowest BCUT2D eigenvalue weighted by molar-refractivity contribution is 0.289. The molecule has 0 aliphatic heterocycles. The lowest BCUT2D eigenvalue weighted by Crippen LogP contribution is -2.34. The van der Waals surface area contributed by atoms with Gasteiger partial charge in [0.25, 0.3) is 0 Å². The van der Waals surface area contributed by atoms with E-state index < -0.39 is 7.92 Å². The van der Waals surface area contributed by atoms with E-state index in [0.717, 1.165) is 18.6 Å². The number of aryl methyl sites for hydroxylation is 1. The second kappa shape index (κ2) is 15.1. The highest BCUT2D eigenvalue weighted by Crippen LogP contribution is 2.54. The molecule has 0 fully saturated rings. The van der Waals surface area contributed by atoms with Gasteiger partial charge in [-0.2, -0.15) is 0 Å². The fraction of sp³-hybridized carbons (Fsp3) is 0.333. The van der Waals surface area contributed by atoms with Crippen molar-refractivity contribution in [3.05, 3.63) is 149 Å². The maximum Gasteiger partial charge on any atom is 0.127 e. The molecule has 1 nitrogen and oxygen atoms in total. The standard InChI is InChI=1S/C45H54OP2/c1-10-45(11-2,39-31-35(43(4,5)6)30-38(44(7,8)9)41(39)46-32-34-23-15-12-16-24-34)47-42-33(3)22-21-29-40(42)48(36-25-17-13-18-26-36)37-27-19-14-20-28-37/h12-31,47H,10-11,32H2,1-9H3. The lowest BCUT2D eigenvalue weighted by Gasteiger charge is -2.39. The summed E-state index contributed by atoms with van der Waals surface area (Å²) in [6.07, 6.45) is 2.06. The van der Waals surface area contributed by atoms with Gasteiger partial charge >= 0.3 is 0 Å². The summed E-state index contributed by atoms with van der Waals surface area (Å²) in [4.78, 5) is 0. The van der Waals surface area contributed by atoms with Crippen LogP contribution in [-0.2, 0) is 22.6 Å². The van der Waals surface area contributed by atoms with Crippen LogP contribution >= 0.6 is 16.5 Å². The van der Waals surface area contributed by atoms with Crippen LogP contribution in [0.3, 0.4) is 0 Å². The van der Waals surface area contributed by atoms with Crippen molar-refractivity contribution in [2.75, 3.05) is 0 Å². The Hall–Kier alpha value is -3.24. The molecule has 0 saturated heterocycles. The first-order valence-corrected chi connectivity index (χ1v) is 19.9. The maximum atomic E-state index is 7.05. The number of hydrogen-bond acceptors (Lipinski definition) is 1. The third-order valence-electron chi connectivity index (χ3n) is 9.60. The Morgan fingerprint density at radius 3 is 1.62 bits per heavy atom. The molecule has 0 radical (unpaired) electrons. The summed E-state index contributed by atoms with van der Waals surface area (Å²) in [5.74, 6) is 1.08. The molecule has 0 aromatic heterocycles. The monoisotopic (exact) mass is 672 g/mol. The Balaban J connectivity index is 1.75. The Labute approximate surface area is 294 Å². The first-order chi connectivity index (χ1) is 22.9. The van der Waals surface area contributed by atoms with E-state index >= 15 is 0 Å². The van der Waals surface area contributed by atoms with Crippen molar-refractivity contribution in [2.24, 2.45) is 0 Å². The molecule has 250 valence electrons. The van der Waals surface area contributed by atoms with Crippen molar-refractivity contribution in [3.8, 4) is 5.75 Å². The highest BCUT2D eigenvalue weighted by atomic mass is 31.1. The Morgan fingerprint density at radius 2 is 1.12 bits per heavy atom. The van der Waals surface area contributed by atoms with E-state index in [1.807, 2.05) is 0 Å². The van der Waals surface area contributed by atoms with Crippen LogP contribution in [0.25, 0.3) is 0 Å². The first kappa shape index (κ1) is 36.1. The molecule has 0 amide bonds. The van der Waals surface area contributed by atoms with Crippen molar-refractivity contribution < 1.29 is 4.74 Å². The highest BCUT2D eigenvalue weighted by Gasteiger charge is 2.38. The van der Waals surface area contributed by atoms with E-state index in [-0.39, 0.29) is 16.0 Å². The van der Waals surface area contributed by atoms with E-state index in [4.69, 9.17) is 4.74 Å². The molecule has 1 unspecified atom stereocenters. The predicted molar refractivity (Wildman–Crippen MR) is 215 cm³/mol. The Kier molecular flexibility index (Phi) is 11.4. The summed E-state index contributed by atoms with van der Waals surface area (Å²) < 4.78 is 7.05. The lowest BCUT2D eigenvalue weighted by atomic mass is 9.76. The van der Waals surface area contributed by atoms with Gasteiger partial charge in [-0.25, -0.2) is 0 Å². The SMILES string of the molecule is CCC(CC)(Pc1c(C)cccc1P(c1ccccc1)c1ccccc1)c1cc(C(C)(C)C)cc(C(C)(C)C)c1OCc1ccccc1. The number of benzene rings is 5. The molecular weight excluding hydrogens is 618 g/mol. The van der Waals surface area contributed by atoms with Crippen molar-refractivity contribution in [2.45, 2.75) is 97.7 Å². The van der Waals surface area contributed by atoms with Crippen LogP contribution in [0.15, 0.2) is 121 Å². The molecule has 3 heteroatoms. The van der Waals surface area contributed by atoms with Gasteiger partial charge in [-0.1, -0.05) is 185 Å². The zero-order valence-corrected chi connectivity index (χ0v) is 32.4. The van der Waals surface area contributed by atoms with Crippen LogP contribution in [0, 0.1) is 6.92 Å². The van der Waals surface area contributed by atoms with Crippen molar-refractivity contribution in [1.29, 1.82) is 0 Å². The van der Waals surface area contributed by atoms with E-state index in [9.17, 15) is 0 Å². The number of ether oxygens (including phenoxy) is 1. The molecule has 5 aromatic carbocycles. The van der Waals surface area contributed by atoms with Crippen LogP contribution in [0.4, 0.5) is 0 Å². The molecule has 0 N–H and O–H groups in total. The molecule has 5 rings (SSSR count). The molecule has 0 saturated carbocycles. The van der Waals surface area contributed by atoms with Gasteiger partial charge in [-0.15, -0.1) is 0 Å². The van der Waals surface area contributed by atoms with Gasteiger partial charge in [0, 0.05) is 16.3 Å². The summed E-state index contributed by atoms with van der Waals surface area (Å²) in [5, 5.41) is 5.67. The topological polar surface area (TPSA) is 9.23 Å². The number of rotatable bonds is 11. The van der Waals surface area contributed by atoms with E-state index in [0.29, 0.717) is 15.2 Å². The van der Waals surface area contributed by atoms with Crippen molar-refractivity contribution in [3.63, 3.8) is 0 Å². The van der Waals surface area contributed by atoms with E-state index in [1.54, 1.807) is 0 Å². The van der Waals surface area contributed by atoms with Gasteiger partial charge in [0.05, 0.1) is 0 Å². The highest BCUT2D eigenvalue weighted by molar-refractivity contribution is 7.81. The van der Waals surface area contributed by atoms with Gasteiger partial charge in [0.15, 0.2) is 0 Å². The second-order valence-corrected chi connectivity index (χ2v) is 19.0. The molecule has 0 spiro atoms. The van der Waals surface area contributed by atoms with Crippen molar-refractivity contribution in [1.82, 2.24) is 0 Å². The van der Waals surface area contributed by atoms with Gasteiger partial charge < -0.3 is 4.74 Å². The van der Waals surface area contributed by atoms with Gasteiger partial charge in [0.1, 0.15) is 12.4 Å². The fourth-order valence-corrected chi connectivity index (χ4v) is 11.1. The van der Waals surface area contributed by atoms with Gasteiger partial charge in [0.2, 0.25) is 0 Å². The van der Waals surface area contributed by atoms with Crippen LogP contribution in [0.2, 0.25) is 0 Å². The zero-order valence-electron chi connectivity index (χ0n) is 30.5. The predicted octanol–water partition coefficient (Wildman–Crippen LogP) is 10.9.